The van der Waals surface area contributed by atoms with E-state index in [1.165, 1.54) is 11.8 Å². The zero-order chi connectivity index (χ0) is 23.2. The van der Waals surface area contributed by atoms with Crippen molar-refractivity contribution < 1.29 is 14.3 Å². The van der Waals surface area contributed by atoms with Gasteiger partial charge in [-0.3, -0.25) is 9.59 Å². The Morgan fingerprint density at radius 3 is 2.79 bits per heavy atom. The first-order chi connectivity index (χ1) is 16.0. The Hall–Kier alpha value is -2.19. The number of hydrogen-bond acceptors (Lipinski definition) is 4. The van der Waals surface area contributed by atoms with Gasteiger partial charge in [-0.1, -0.05) is 41.4 Å². The first-order valence-corrected chi connectivity index (χ1v) is 12.6. The van der Waals surface area contributed by atoms with Gasteiger partial charge in [-0.25, -0.2) is 0 Å². The van der Waals surface area contributed by atoms with Gasteiger partial charge in [-0.05, 0) is 37.1 Å². The van der Waals surface area contributed by atoms with E-state index in [-0.39, 0.29) is 17.9 Å². The van der Waals surface area contributed by atoms with Crippen LogP contribution in [0.5, 0.6) is 0 Å². The number of rotatable bonds is 9. The van der Waals surface area contributed by atoms with Gasteiger partial charge >= 0.3 is 0 Å². The van der Waals surface area contributed by atoms with Gasteiger partial charge in [0.15, 0.2) is 0 Å². The van der Waals surface area contributed by atoms with Gasteiger partial charge in [0, 0.05) is 53.3 Å². The van der Waals surface area contributed by atoms with Crippen LogP contribution in [0.4, 0.5) is 0 Å². The monoisotopic (exact) mass is 505 g/mol. The zero-order valence-electron chi connectivity index (χ0n) is 18.0. The number of benzene rings is 2. The molecule has 6 nitrogen and oxygen atoms in total. The van der Waals surface area contributed by atoms with Crippen LogP contribution in [0.3, 0.4) is 0 Å². The van der Waals surface area contributed by atoms with Crippen molar-refractivity contribution in [3.63, 3.8) is 0 Å². The number of amides is 2. The van der Waals surface area contributed by atoms with E-state index < -0.39 is 0 Å². The summed E-state index contributed by atoms with van der Waals surface area (Å²) in [5.74, 6) is 0.0945. The average molecular weight is 506 g/mol. The highest BCUT2D eigenvalue weighted by Crippen LogP contribution is 2.30. The third-order valence-corrected chi connectivity index (χ3v) is 7.07. The topological polar surface area (TPSA) is 72.4 Å². The van der Waals surface area contributed by atoms with Gasteiger partial charge in [-0.2, -0.15) is 0 Å². The van der Waals surface area contributed by atoms with Crippen LogP contribution in [0.2, 0.25) is 10.0 Å². The molecule has 0 spiro atoms. The van der Waals surface area contributed by atoms with Crippen LogP contribution in [-0.4, -0.2) is 47.9 Å². The summed E-state index contributed by atoms with van der Waals surface area (Å²) in [5.41, 5.74) is 1.45. The lowest BCUT2D eigenvalue weighted by Gasteiger charge is -2.10. The van der Waals surface area contributed by atoms with E-state index >= 15 is 0 Å². The van der Waals surface area contributed by atoms with E-state index in [1.807, 2.05) is 30.5 Å². The number of nitrogens with zero attached hydrogens (tertiary/aromatic N) is 1. The molecule has 3 aromatic rings. The summed E-state index contributed by atoms with van der Waals surface area (Å²) in [4.78, 5) is 25.8. The first-order valence-electron chi connectivity index (χ1n) is 10.8. The summed E-state index contributed by atoms with van der Waals surface area (Å²) in [5, 5.41) is 7.76. The minimum absolute atomic E-state index is 0.000521. The lowest BCUT2D eigenvalue weighted by Crippen LogP contribution is -2.32. The molecule has 1 fully saturated rings. The molecule has 1 saturated heterocycles. The molecule has 0 saturated carbocycles. The number of thioether (sulfide) groups is 1. The quantitative estimate of drug-likeness (QED) is 0.411. The molecule has 1 atom stereocenters. The number of halogens is 2. The lowest BCUT2D eigenvalue weighted by molar-refractivity contribution is -0.119. The Labute approximate surface area is 206 Å². The molecule has 1 aliphatic rings. The van der Waals surface area contributed by atoms with E-state index in [4.69, 9.17) is 27.9 Å². The number of ether oxygens (including phenoxy) is 1. The van der Waals surface area contributed by atoms with Gasteiger partial charge in [-0.15, -0.1) is 11.8 Å². The number of fused-ring (bicyclic) bond motifs is 1. The standard InChI is InChI=1S/C24H25Cl2N3O3S/c25-16-7-8-18(20(26)12-16)24(31)27-9-10-29-14-22(19-5-1-2-6-21(19)29)33-15-23(30)28-13-17-4-3-11-32-17/h1-2,5-8,12,14,17H,3-4,9-11,13,15H2,(H,27,31)(H,28,30)/t17-/m1/s1. The van der Waals surface area contributed by atoms with Crippen LogP contribution < -0.4 is 10.6 Å². The fourth-order valence-electron chi connectivity index (χ4n) is 3.80. The molecule has 1 aromatic heterocycles. The van der Waals surface area contributed by atoms with E-state index in [2.05, 4.69) is 15.2 Å². The van der Waals surface area contributed by atoms with Crippen molar-refractivity contribution in [2.24, 2.45) is 0 Å². The van der Waals surface area contributed by atoms with Crippen LogP contribution in [0.15, 0.2) is 53.6 Å². The van der Waals surface area contributed by atoms with Gasteiger partial charge in [0.25, 0.3) is 5.91 Å². The van der Waals surface area contributed by atoms with Gasteiger partial charge in [0.2, 0.25) is 5.91 Å². The molecule has 2 aromatic carbocycles. The second-order valence-electron chi connectivity index (χ2n) is 7.81. The Kier molecular flexibility index (Phi) is 8.20. The van der Waals surface area contributed by atoms with Gasteiger partial charge < -0.3 is 19.9 Å². The molecule has 2 amide bonds. The van der Waals surface area contributed by atoms with E-state index in [9.17, 15) is 9.59 Å². The molecule has 9 heteroatoms. The predicted molar refractivity (Wildman–Crippen MR) is 133 cm³/mol. The zero-order valence-corrected chi connectivity index (χ0v) is 20.3. The molecular formula is C24H25Cl2N3O3S. The minimum Gasteiger partial charge on any atom is -0.376 e. The van der Waals surface area contributed by atoms with Crippen molar-refractivity contribution in [1.82, 2.24) is 15.2 Å². The maximum absolute atomic E-state index is 12.5. The highest BCUT2D eigenvalue weighted by Gasteiger charge is 2.17. The first kappa shape index (κ1) is 24.0. The summed E-state index contributed by atoms with van der Waals surface area (Å²) >= 11 is 13.5. The molecule has 0 unspecified atom stereocenters. The third-order valence-electron chi connectivity index (χ3n) is 5.48. The summed E-state index contributed by atoms with van der Waals surface area (Å²) < 4.78 is 7.64. The minimum atomic E-state index is -0.245. The van der Waals surface area contributed by atoms with Crippen LogP contribution >= 0.6 is 35.0 Å². The summed E-state index contributed by atoms with van der Waals surface area (Å²) in [6, 6.07) is 12.9. The normalized spacial score (nSPS) is 15.6. The average Bonchev–Trinajstić information content (AvgIpc) is 3.44. The Balaban J connectivity index is 1.34. The molecule has 33 heavy (non-hydrogen) atoms. The van der Waals surface area contributed by atoms with E-state index in [1.54, 1.807) is 18.2 Å². The predicted octanol–water partition coefficient (Wildman–Crippen LogP) is 4.77. The van der Waals surface area contributed by atoms with Crippen LogP contribution in [-0.2, 0) is 16.1 Å². The largest absolute Gasteiger partial charge is 0.376 e. The number of nitrogens with one attached hydrogen (secondary N) is 2. The van der Waals surface area contributed by atoms with Crippen molar-refractivity contribution in [3.05, 3.63) is 64.3 Å². The molecule has 174 valence electrons. The molecule has 0 bridgehead atoms. The van der Waals surface area contributed by atoms with Crippen LogP contribution in [0.25, 0.3) is 10.9 Å². The molecule has 0 radical (unpaired) electrons. The second kappa shape index (κ2) is 11.3. The number of carbonyl (C=O) groups is 2. The lowest BCUT2D eigenvalue weighted by atomic mass is 10.2. The third kappa shape index (κ3) is 6.23. The van der Waals surface area contributed by atoms with Crippen LogP contribution in [0, 0.1) is 0 Å². The number of aromatic nitrogens is 1. The molecule has 0 aliphatic carbocycles. The van der Waals surface area contributed by atoms with Crippen molar-refractivity contribution in [2.75, 3.05) is 25.4 Å². The highest BCUT2D eigenvalue weighted by atomic mass is 35.5. The van der Waals surface area contributed by atoms with Crippen LogP contribution in [0.1, 0.15) is 23.2 Å². The van der Waals surface area contributed by atoms with Gasteiger partial charge in [0.05, 0.1) is 22.4 Å². The summed E-state index contributed by atoms with van der Waals surface area (Å²) in [6.07, 6.45) is 4.23. The maximum atomic E-state index is 12.5. The Morgan fingerprint density at radius 2 is 2.00 bits per heavy atom. The number of carbonyl (C=O) groups excluding carboxylic acids is 2. The fraction of sp³-hybridized carbons (Fsp3) is 0.333. The van der Waals surface area contributed by atoms with Crippen molar-refractivity contribution in [1.29, 1.82) is 0 Å². The molecule has 1 aliphatic heterocycles. The van der Waals surface area contributed by atoms with Crippen molar-refractivity contribution >= 4 is 57.7 Å². The van der Waals surface area contributed by atoms with Crippen molar-refractivity contribution in [3.8, 4) is 0 Å². The van der Waals surface area contributed by atoms with Gasteiger partial charge in [0.1, 0.15) is 0 Å². The second-order valence-corrected chi connectivity index (χ2v) is 9.67. The summed E-state index contributed by atoms with van der Waals surface area (Å²) in [6.45, 7) is 2.37. The Bertz CT molecular complexity index is 1150. The smallest absolute Gasteiger partial charge is 0.252 e. The molecular weight excluding hydrogens is 481 g/mol. The fourth-order valence-corrected chi connectivity index (χ4v) is 5.21. The number of hydrogen-bond donors (Lipinski definition) is 2. The van der Waals surface area contributed by atoms with E-state index in [0.29, 0.717) is 41.0 Å². The van der Waals surface area contributed by atoms with Crippen molar-refractivity contribution in [2.45, 2.75) is 30.4 Å². The number of para-hydroxylation sites is 1. The Morgan fingerprint density at radius 1 is 1.15 bits per heavy atom. The SMILES string of the molecule is O=C(CSc1cn(CCNC(=O)c2ccc(Cl)cc2Cl)c2ccccc12)NC[C@H]1CCCO1. The molecule has 2 N–H and O–H groups in total. The summed E-state index contributed by atoms with van der Waals surface area (Å²) in [7, 11) is 0. The maximum Gasteiger partial charge on any atom is 0.252 e. The molecule has 2 heterocycles. The molecule has 4 rings (SSSR count). The highest BCUT2D eigenvalue weighted by molar-refractivity contribution is 8.00. The van der Waals surface area contributed by atoms with E-state index in [0.717, 1.165) is 35.2 Å².